The maximum Gasteiger partial charge on any atom is 0.210 e. The Morgan fingerprint density at radius 2 is 1.55 bits per heavy atom. The van der Waals surface area contributed by atoms with Crippen molar-refractivity contribution in [3.05, 3.63) is 11.6 Å². The van der Waals surface area contributed by atoms with Gasteiger partial charge in [-0.2, -0.15) is 0 Å². The highest BCUT2D eigenvalue weighted by atomic mass is 31.2. The predicted octanol–water partition coefficient (Wildman–Crippen LogP) is 6.16. The fourth-order valence-corrected chi connectivity index (χ4v) is 4.99. The average molecular weight is 300 g/mol. The molecule has 0 saturated heterocycles. The molecular formula is C17H33O2P. The van der Waals surface area contributed by atoms with Crippen LogP contribution < -0.4 is 0 Å². The first-order valence-corrected chi connectivity index (χ1v) is 10.5. The number of hydrogen-bond donors (Lipinski definition) is 0. The first-order valence-electron chi connectivity index (χ1n) is 8.54. The van der Waals surface area contributed by atoms with Crippen LogP contribution in [0.4, 0.5) is 0 Å². The van der Waals surface area contributed by atoms with Crippen LogP contribution in [-0.2, 0) is 9.09 Å². The zero-order valence-electron chi connectivity index (χ0n) is 13.5. The lowest BCUT2D eigenvalue weighted by atomic mass is 10.1. The van der Waals surface area contributed by atoms with E-state index in [0.717, 1.165) is 6.42 Å². The summed E-state index contributed by atoms with van der Waals surface area (Å²) in [6.45, 7) is 5.00. The number of hydrogen-bond acceptors (Lipinski definition) is 2. The lowest BCUT2D eigenvalue weighted by Gasteiger charge is -2.12. The second-order valence-electron chi connectivity index (χ2n) is 6.22. The summed E-state index contributed by atoms with van der Waals surface area (Å²) >= 11 is 0. The lowest BCUT2D eigenvalue weighted by molar-refractivity contribution is 0.305. The quantitative estimate of drug-likeness (QED) is 0.245. The Labute approximate surface area is 125 Å². The van der Waals surface area contributed by atoms with Crippen LogP contribution in [0, 0.1) is 0 Å². The van der Waals surface area contributed by atoms with E-state index in [1.54, 1.807) is 0 Å². The number of rotatable bonds is 12. The molecule has 0 N–H and O–H groups in total. The van der Waals surface area contributed by atoms with E-state index in [1.165, 1.54) is 63.4 Å². The van der Waals surface area contributed by atoms with Crippen LogP contribution in [0.5, 0.6) is 0 Å². The lowest BCUT2D eigenvalue weighted by Crippen LogP contribution is -1.96. The highest BCUT2D eigenvalue weighted by Gasteiger charge is 2.26. The van der Waals surface area contributed by atoms with Crippen molar-refractivity contribution in [3.63, 3.8) is 0 Å². The molecule has 1 heterocycles. The van der Waals surface area contributed by atoms with Gasteiger partial charge < -0.3 is 4.52 Å². The second kappa shape index (κ2) is 10.6. The molecule has 0 saturated carbocycles. The molecule has 1 atom stereocenters. The fraction of sp³-hybridized carbons (Fsp3) is 0.882. The van der Waals surface area contributed by atoms with Crippen LogP contribution in [0.2, 0.25) is 0 Å². The normalized spacial score (nSPS) is 22.2. The molecule has 118 valence electrons. The molecule has 0 bridgehead atoms. The van der Waals surface area contributed by atoms with Crippen LogP contribution in [0.3, 0.4) is 0 Å². The van der Waals surface area contributed by atoms with Gasteiger partial charge in [0.05, 0.1) is 6.61 Å². The fourth-order valence-electron chi connectivity index (χ4n) is 2.72. The molecule has 0 spiro atoms. The number of allylic oxidation sites excluding steroid dienone is 2. The minimum Gasteiger partial charge on any atom is -0.328 e. The standard InChI is InChI=1S/C17H33O2P/c1-3-4-5-6-7-8-9-10-11-12-14-19-20(18)15-13-17(2)16-20/h13H,3-12,14-16H2,1-2H3. The average Bonchev–Trinajstić information content (AvgIpc) is 2.76. The summed E-state index contributed by atoms with van der Waals surface area (Å²) in [5.41, 5.74) is 1.23. The number of unbranched alkanes of at least 4 members (excludes halogenated alkanes) is 9. The summed E-state index contributed by atoms with van der Waals surface area (Å²) in [7, 11) is -2.30. The Morgan fingerprint density at radius 3 is 2.05 bits per heavy atom. The van der Waals surface area contributed by atoms with Crippen LogP contribution in [0.1, 0.15) is 78.1 Å². The molecule has 0 aliphatic carbocycles. The summed E-state index contributed by atoms with van der Waals surface area (Å²) < 4.78 is 17.8. The Kier molecular flexibility index (Phi) is 9.55. The molecule has 0 aromatic heterocycles. The van der Waals surface area contributed by atoms with Crippen LogP contribution in [-0.4, -0.2) is 18.9 Å². The van der Waals surface area contributed by atoms with Gasteiger partial charge in [0.15, 0.2) is 0 Å². The summed E-state index contributed by atoms with van der Waals surface area (Å²) in [6.07, 6.45) is 16.7. The van der Waals surface area contributed by atoms with Crippen molar-refractivity contribution >= 4 is 7.37 Å². The van der Waals surface area contributed by atoms with Crippen molar-refractivity contribution < 1.29 is 9.09 Å². The molecule has 0 aromatic carbocycles. The summed E-state index contributed by atoms with van der Waals surface area (Å²) in [5, 5.41) is 0. The van der Waals surface area contributed by atoms with Crippen molar-refractivity contribution in [2.45, 2.75) is 78.1 Å². The SMILES string of the molecule is CCCCCCCCCCCCOP1(=O)CC=C(C)C1. The molecule has 2 nitrogen and oxygen atoms in total. The van der Waals surface area contributed by atoms with Crippen LogP contribution >= 0.6 is 7.37 Å². The highest BCUT2D eigenvalue weighted by molar-refractivity contribution is 7.59. The second-order valence-corrected chi connectivity index (χ2v) is 8.79. The van der Waals surface area contributed by atoms with Crippen LogP contribution in [0.25, 0.3) is 0 Å². The summed E-state index contributed by atoms with van der Waals surface area (Å²) in [4.78, 5) is 0. The van der Waals surface area contributed by atoms with Gasteiger partial charge in [-0.15, -0.1) is 0 Å². The van der Waals surface area contributed by atoms with E-state index in [0.29, 0.717) is 18.9 Å². The van der Waals surface area contributed by atoms with Gasteiger partial charge in [-0.05, 0) is 13.3 Å². The van der Waals surface area contributed by atoms with Gasteiger partial charge >= 0.3 is 0 Å². The Bertz CT molecular complexity index is 323. The molecule has 0 fully saturated rings. The monoisotopic (exact) mass is 300 g/mol. The van der Waals surface area contributed by atoms with Crippen molar-refractivity contribution in [2.24, 2.45) is 0 Å². The van der Waals surface area contributed by atoms with Gasteiger partial charge in [0.25, 0.3) is 0 Å². The van der Waals surface area contributed by atoms with Gasteiger partial charge in [-0.25, -0.2) is 0 Å². The predicted molar refractivity (Wildman–Crippen MR) is 88.9 cm³/mol. The molecule has 1 rings (SSSR count). The van der Waals surface area contributed by atoms with E-state index in [4.69, 9.17) is 4.52 Å². The minimum atomic E-state index is -2.30. The van der Waals surface area contributed by atoms with E-state index in [9.17, 15) is 4.57 Å². The van der Waals surface area contributed by atoms with Gasteiger partial charge in [-0.3, -0.25) is 4.57 Å². The molecule has 0 radical (unpaired) electrons. The maximum atomic E-state index is 12.2. The summed E-state index contributed by atoms with van der Waals surface area (Å²) in [6, 6.07) is 0. The van der Waals surface area contributed by atoms with Crippen molar-refractivity contribution in [2.75, 3.05) is 18.9 Å². The van der Waals surface area contributed by atoms with E-state index >= 15 is 0 Å². The van der Waals surface area contributed by atoms with Gasteiger partial charge in [0.1, 0.15) is 0 Å². The first-order chi connectivity index (χ1) is 9.66. The highest BCUT2D eigenvalue weighted by Crippen LogP contribution is 2.52. The Morgan fingerprint density at radius 1 is 1.00 bits per heavy atom. The molecular weight excluding hydrogens is 267 g/mol. The third-order valence-electron chi connectivity index (χ3n) is 4.03. The third kappa shape index (κ3) is 8.27. The Hall–Kier alpha value is -0.0700. The van der Waals surface area contributed by atoms with Gasteiger partial charge in [0, 0.05) is 12.3 Å². The van der Waals surface area contributed by atoms with Crippen molar-refractivity contribution in [1.29, 1.82) is 0 Å². The first kappa shape index (κ1) is 18.0. The van der Waals surface area contributed by atoms with E-state index in [1.807, 2.05) is 6.92 Å². The molecule has 1 unspecified atom stereocenters. The maximum absolute atomic E-state index is 12.2. The smallest absolute Gasteiger partial charge is 0.210 e. The Balaban J connectivity index is 1.82. The van der Waals surface area contributed by atoms with Gasteiger partial charge in [-0.1, -0.05) is 76.4 Å². The van der Waals surface area contributed by atoms with Gasteiger partial charge in [0.2, 0.25) is 7.37 Å². The van der Waals surface area contributed by atoms with Crippen LogP contribution in [0.15, 0.2) is 11.6 Å². The molecule has 0 aromatic rings. The van der Waals surface area contributed by atoms with E-state index in [2.05, 4.69) is 13.0 Å². The molecule has 3 heteroatoms. The third-order valence-corrected chi connectivity index (χ3v) is 6.41. The summed E-state index contributed by atoms with van der Waals surface area (Å²) in [5.74, 6) is 0. The van der Waals surface area contributed by atoms with Crippen molar-refractivity contribution in [3.8, 4) is 0 Å². The zero-order valence-corrected chi connectivity index (χ0v) is 14.4. The molecule has 1 aliphatic heterocycles. The molecule has 20 heavy (non-hydrogen) atoms. The topological polar surface area (TPSA) is 26.3 Å². The molecule has 1 aliphatic rings. The van der Waals surface area contributed by atoms with E-state index in [-0.39, 0.29) is 0 Å². The largest absolute Gasteiger partial charge is 0.328 e. The van der Waals surface area contributed by atoms with E-state index < -0.39 is 7.37 Å². The zero-order chi connectivity index (χ0) is 14.7. The van der Waals surface area contributed by atoms with Crippen molar-refractivity contribution in [1.82, 2.24) is 0 Å². The minimum absolute atomic E-state index is 0.663. The molecule has 0 amide bonds.